The van der Waals surface area contributed by atoms with E-state index in [1.807, 2.05) is 38.1 Å². The number of carbonyl (C=O) groups excluding carboxylic acids is 2. The molecule has 37 heavy (non-hydrogen) atoms. The van der Waals surface area contributed by atoms with Crippen LogP contribution in [0.15, 0.2) is 77.7 Å². The van der Waals surface area contributed by atoms with Crippen LogP contribution in [0.5, 0.6) is 0 Å². The lowest BCUT2D eigenvalue weighted by Gasteiger charge is -2.33. The first-order valence-corrected chi connectivity index (χ1v) is 13.8. The van der Waals surface area contributed by atoms with Crippen LogP contribution in [0.25, 0.3) is 0 Å². The number of likely N-dealkylation sites (N-methyl/N-ethyl adjacent to an activating group) is 1. The lowest BCUT2D eigenvalue weighted by Crippen LogP contribution is -2.51. The highest BCUT2D eigenvalue weighted by Gasteiger charge is 2.33. The number of hydrogen-bond acceptors (Lipinski definition) is 4. The number of aryl methyl sites for hydroxylation is 2. The molecule has 0 fully saturated rings. The molecule has 9 heteroatoms. The van der Waals surface area contributed by atoms with Crippen molar-refractivity contribution in [3.63, 3.8) is 0 Å². The molecule has 0 aliphatic carbocycles. The maximum Gasteiger partial charge on any atom is 0.264 e. The Morgan fingerprint density at radius 2 is 1.62 bits per heavy atom. The number of sulfonamides is 1. The van der Waals surface area contributed by atoms with Gasteiger partial charge in [-0.25, -0.2) is 8.42 Å². The van der Waals surface area contributed by atoms with E-state index < -0.39 is 28.5 Å². The van der Waals surface area contributed by atoms with Crippen molar-refractivity contribution in [3.05, 3.63) is 94.5 Å². The third-order valence-corrected chi connectivity index (χ3v) is 8.15. The van der Waals surface area contributed by atoms with Crippen molar-refractivity contribution < 1.29 is 18.0 Å². The van der Waals surface area contributed by atoms with Gasteiger partial charge in [-0.3, -0.25) is 13.9 Å². The van der Waals surface area contributed by atoms with Gasteiger partial charge in [0.05, 0.1) is 10.6 Å². The fourth-order valence-corrected chi connectivity index (χ4v) is 5.83. The highest BCUT2D eigenvalue weighted by molar-refractivity contribution is 7.92. The van der Waals surface area contributed by atoms with E-state index in [1.165, 1.54) is 24.1 Å². The number of rotatable bonds is 10. The molecule has 2 amide bonds. The third kappa shape index (κ3) is 6.70. The maximum atomic E-state index is 13.9. The zero-order valence-corrected chi connectivity index (χ0v) is 23.0. The highest BCUT2D eigenvalue weighted by atomic mass is 35.5. The van der Waals surface area contributed by atoms with Gasteiger partial charge in [-0.05, 0) is 61.7 Å². The second kappa shape index (κ2) is 12.3. The van der Waals surface area contributed by atoms with Crippen LogP contribution in [0.4, 0.5) is 5.69 Å². The van der Waals surface area contributed by atoms with Gasteiger partial charge in [0.2, 0.25) is 11.8 Å². The van der Waals surface area contributed by atoms with Crippen LogP contribution >= 0.6 is 11.6 Å². The Balaban J connectivity index is 2.08. The molecule has 196 valence electrons. The molecule has 1 atom stereocenters. The molecule has 0 aliphatic rings. The number of halogens is 1. The molecule has 3 aromatic carbocycles. The molecule has 0 heterocycles. The molecule has 0 spiro atoms. The number of carbonyl (C=O) groups is 2. The van der Waals surface area contributed by atoms with Crippen molar-refractivity contribution in [2.75, 3.05) is 17.9 Å². The van der Waals surface area contributed by atoms with Crippen LogP contribution in [-0.2, 0) is 26.2 Å². The molecule has 0 bridgehead atoms. The van der Waals surface area contributed by atoms with E-state index in [-0.39, 0.29) is 17.3 Å². The highest BCUT2D eigenvalue weighted by Crippen LogP contribution is 2.29. The smallest absolute Gasteiger partial charge is 0.264 e. The van der Waals surface area contributed by atoms with Gasteiger partial charge >= 0.3 is 0 Å². The normalized spacial score (nSPS) is 12.0. The number of amides is 2. The lowest BCUT2D eigenvalue weighted by atomic mass is 10.1. The lowest BCUT2D eigenvalue weighted by molar-refractivity contribution is -0.140. The molecule has 3 rings (SSSR count). The van der Waals surface area contributed by atoms with Crippen molar-refractivity contribution >= 4 is 39.1 Å². The second-order valence-electron chi connectivity index (χ2n) is 8.80. The summed E-state index contributed by atoms with van der Waals surface area (Å²) >= 11 is 6.13. The van der Waals surface area contributed by atoms with Gasteiger partial charge in [0.15, 0.2) is 0 Å². The maximum absolute atomic E-state index is 13.9. The molecular weight excluding hydrogens is 510 g/mol. The Kier molecular flexibility index (Phi) is 9.34. The summed E-state index contributed by atoms with van der Waals surface area (Å²) in [6.07, 6.45) is 0.364. The van der Waals surface area contributed by atoms with Crippen molar-refractivity contribution in [2.24, 2.45) is 0 Å². The monoisotopic (exact) mass is 541 g/mol. The average Bonchev–Trinajstić information content (AvgIpc) is 2.88. The first-order valence-electron chi connectivity index (χ1n) is 12.0. The van der Waals surface area contributed by atoms with Crippen LogP contribution in [-0.4, -0.2) is 44.8 Å². The van der Waals surface area contributed by atoms with Crippen LogP contribution < -0.4 is 9.62 Å². The van der Waals surface area contributed by atoms with Gasteiger partial charge in [-0.2, -0.15) is 0 Å². The van der Waals surface area contributed by atoms with E-state index in [0.29, 0.717) is 22.7 Å². The van der Waals surface area contributed by atoms with Crippen molar-refractivity contribution in [1.82, 2.24) is 10.2 Å². The quantitative estimate of drug-likeness (QED) is 0.403. The summed E-state index contributed by atoms with van der Waals surface area (Å²) in [4.78, 5) is 28.1. The summed E-state index contributed by atoms with van der Waals surface area (Å²) in [5.41, 5.74) is 2.84. The molecule has 1 N–H and O–H groups in total. The summed E-state index contributed by atoms with van der Waals surface area (Å²) < 4.78 is 28.7. The van der Waals surface area contributed by atoms with E-state index >= 15 is 0 Å². The summed E-state index contributed by atoms with van der Waals surface area (Å²) in [7, 11) is -2.60. The number of anilines is 1. The Labute approximate surface area is 224 Å². The first-order chi connectivity index (χ1) is 17.6. The minimum atomic E-state index is -4.11. The van der Waals surface area contributed by atoms with E-state index in [1.54, 1.807) is 43.3 Å². The first kappa shape index (κ1) is 28.2. The summed E-state index contributed by atoms with van der Waals surface area (Å²) in [5.74, 6) is -0.812. The van der Waals surface area contributed by atoms with Gasteiger partial charge in [-0.15, -0.1) is 0 Å². The summed E-state index contributed by atoms with van der Waals surface area (Å²) in [6, 6.07) is 19.7. The standard InChI is InChI=1S/C28H32ClN3O4S/c1-5-25(28(34)30-4)31(18-22-13-11-20(2)12-14-22)27(33)19-32(26-16-15-23(29)17-21(26)3)37(35,36)24-9-7-6-8-10-24/h6-17,25H,5,18-19H2,1-4H3,(H,30,34)/t25-/m0/s1. The number of nitrogens with one attached hydrogen (secondary N) is 1. The van der Waals surface area contributed by atoms with E-state index in [2.05, 4.69) is 5.32 Å². The second-order valence-corrected chi connectivity index (χ2v) is 11.1. The SMILES string of the molecule is CC[C@@H](C(=O)NC)N(Cc1ccc(C)cc1)C(=O)CN(c1ccc(Cl)cc1C)S(=O)(=O)c1ccccc1. The fraction of sp³-hybridized carbons (Fsp3) is 0.286. The fourth-order valence-electron chi connectivity index (χ4n) is 4.11. The van der Waals surface area contributed by atoms with Crippen LogP contribution in [0.2, 0.25) is 5.02 Å². The molecule has 0 saturated heterocycles. The van der Waals surface area contributed by atoms with Gasteiger partial charge < -0.3 is 10.2 Å². The molecule has 0 unspecified atom stereocenters. The molecular formula is C28H32ClN3O4S. The van der Waals surface area contributed by atoms with Crippen molar-refractivity contribution in [1.29, 1.82) is 0 Å². The van der Waals surface area contributed by atoms with Gasteiger partial charge in [0.25, 0.3) is 10.0 Å². The van der Waals surface area contributed by atoms with E-state index in [9.17, 15) is 18.0 Å². The number of hydrogen-bond donors (Lipinski definition) is 1. The third-order valence-electron chi connectivity index (χ3n) is 6.14. The molecule has 0 aromatic heterocycles. The van der Waals surface area contributed by atoms with Crippen molar-refractivity contribution in [3.8, 4) is 0 Å². The summed E-state index contributed by atoms with van der Waals surface area (Å²) in [5, 5.41) is 3.08. The Bertz CT molecular complexity index is 1350. The largest absolute Gasteiger partial charge is 0.357 e. The predicted octanol–water partition coefficient (Wildman–Crippen LogP) is 4.71. The van der Waals surface area contributed by atoms with Crippen LogP contribution in [0.1, 0.15) is 30.0 Å². The molecule has 0 saturated carbocycles. The minimum Gasteiger partial charge on any atom is -0.357 e. The van der Waals surface area contributed by atoms with Crippen molar-refractivity contribution in [2.45, 2.75) is 44.7 Å². The van der Waals surface area contributed by atoms with E-state index in [4.69, 9.17) is 11.6 Å². The molecule has 3 aromatic rings. The Morgan fingerprint density at radius 3 is 2.19 bits per heavy atom. The van der Waals surface area contributed by atoms with Gasteiger partial charge in [-0.1, -0.05) is 66.6 Å². The Hall–Kier alpha value is -3.36. The van der Waals surface area contributed by atoms with E-state index in [0.717, 1.165) is 15.4 Å². The minimum absolute atomic E-state index is 0.0561. The van der Waals surface area contributed by atoms with Crippen LogP contribution in [0, 0.1) is 13.8 Å². The molecule has 0 radical (unpaired) electrons. The predicted molar refractivity (Wildman–Crippen MR) is 147 cm³/mol. The average molecular weight is 542 g/mol. The molecule has 7 nitrogen and oxygen atoms in total. The topological polar surface area (TPSA) is 86.8 Å². The van der Waals surface area contributed by atoms with Gasteiger partial charge in [0, 0.05) is 18.6 Å². The molecule has 0 aliphatic heterocycles. The van der Waals surface area contributed by atoms with Crippen LogP contribution in [0.3, 0.4) is 0 Å². The zero-order valence-electron chi connectivity index (χ0n) is 21.4. The zero-order chi connectivity index (χ0) is 27.2. The Morgan fingerprint density at radius 1 is 0.973 bits per heavy atom. The summed E-state index contributed by atoms with van der Waals surface area (Å²) in [6.45, 7) is 5.19. The number of benzene rings is 3. The van der Waals surface area contributed by atoms with Gasteiger partial charge in [0.1, 0.15) is 12.6 Å². The number of nitrogens with zero attached hydrogens (tertiary/aromatic N) is 2.